The molecule has 0 spiro atoms. The van der Waals surface area contributed by atoms with Gasteiger partial charge in [-0.2, -0.15) is 0 Å². The van der Waals surface area contributed by atoms with Crippen LogP contribution in [0, 0.1) is 0 Å². The van der Waals surface area contributed by atoms with E-state index in [1.807, 2.05) is 6.07 Å². The summed E-state index contributed by atoms with van der Waals surface area (Å²) < 4.78 is 5.25. The molecule has 0 radical (unpaired) electrons. The number of para-hydroxylation sites is 1. The van der Waals surface area contributed by atoms with Crippen LogP contribution in [0.1, 0.15) is 20.7 Å². The molecule has 0 saturated heterocycles. The molecule has 32 heavy (non-hydrogen) atoms. The molecule has 4 aromatic rings. The summed E-state index contributed by atoms with van der Waals surface area (Å²) in [5, 5.41) is 5.66. The minimum atomic E-state index is -0.671. The predicted octanol–water partition coefficient (Wildman–Crippen LogP) is 4.51. The first-order valence-electron chi connectivity index (χ1n) is 9.42. The summed E-state index contributed by atoms with van der Waals surface area (Å²) in [6, 6.07) is 17.4. The number of pyridine rings is 1. The Labute approximate surface area is 191 Å². The third kappa shape index (κ3) is 4.61. The number of fused-ring (bicyclic) bond motifs is 1. The Morgan fingerprint density at radius 1 is 1.03 bits per heavy atom. The predicted molar refractivity (Wildman–Crippen MR) is 124 cm³/mol. The van der Waals surface area contributed by atoms with Crippen LogP contribution in [0.3, 0.4) is 0 Å². The molecule has 0 aliphatic carbocycles. The molecule has 3 N–H and O–H groups in total. The van der Waals surface area contributed by atoms with Crippen LogP contribution in [0.25, 0.3) is 22.2 Å². The summed E-state index contributed by atoms with van der Waals surface area (Å²) in [6.07, 6.45) is 0. The molecule has 0 fully saturated rings. The lowest BCUT2D eigenvalue weighted by molar-refractivity contribution is -0.119. The molecule has 2 aromatic carbocycles. The second-order valence-corrected chi connectivity index (χ2v) is 8.08. The summed E-state index contributed by atoms with van der Waals surface area (Å²) in [5.74, 6) is -1.91. The lowest BCUT2D eigenvalue weighted by atomic mass is 10.0. The van der Waals surface area contributed by atoms with Crippen molar-refractivity contribution in [1.82, 2.24) is 4.98 Å². The van der Waals surface area contributed by atoms with Crippen LogP contribution in [-0.2, 0) is 9.53 Å². The minimum absolute atomic E-state index is 0.197. The number of aromatic nitrogens is 1. The lowest BCUT2D eigenvalue weighted by Gasteiger charge is -2.10. The van der Waals surface area contributed by atoms with Crippen molar-refractivity contribution in [1.29, 1.82) is 0 Å². The van der Waals surface area contributed by atoms with E-state index in [9.17, 15) is 14.4 Å². The summed E-state index contributed by atoms with van der Waals surface area (Å²) in [6.45, 7) is -0.526. The molecular formula is C23H16ClN3O4S. The highest BCUT2D eigenvalue weighted by molar-refractivity contribution is 7.14. The fourth-order valence-corrected chi connectivity index (χ4v) is 4.02. The van der Waals surface area contributed by atoms with E-state index in [2.05, 4.69) is 10.3 Å². The largest absolute Gasteiger partial charge is 0.452 e. The zero-order valence-electron chi connectivity index (χ0n) is 16.5. The highest BCUT2D eigenvalue weighted by Crippen LogP contribution is 2.27. The molecule has 0 atom stereocenters. The van der Waals surface area contributed by atoms with Crippen molar-refractivity contribution in [2.75, 3.05) is 11.9 Å². The summed E-state index contributed by atoms with van der Waals surface area (Å²) >= 11 is 7.12. The Hall–Kier alpha value is -3.75. The maximum Gasteiger partial charge on any atom is 0.339 e. The van der Waals surface area contributed by atoms with E-state index in [-0.39, 0.29) is 11.1 Å². The van der Waals surface area contributed by atoms with Gasteiger partial charge in [0.05, 0.1) is 22.3 Å². The molecule has 2 aromatic heterocycles. The Morgan fingerprint density at radius 2 is 1.78 bits per heavy atom. The maximum absolute atomic E-state index is 12.9. The highest BCUT2D eigenvalue weighted by Gasteiger charge is 2.18. The number of rotatable bonds is 6. The van der Waals surface area contributed by atoms with Gasteiger partial charge in [-0.1, -0.05) is 41.9 Å². The Morgan fingerprint density at radius 3 is 2.53 bits per heavy atom. The number of ether oxygens (including phenoxy) is 1. The molecule has 0 saturated carbocycles. The van der Waals surface area contributed by atoms with E-state index in [1.165, 1.54) is 6.07 Å². The van der Waals surface area contributed by atoms with Crippen molar-refractivity contribution in [2.24, 2.45) is 5.73 Å². The number of carbonyl (C=O) groups is 3. The van der Waals surface area contributed by atoms with Crippen LogP contribution in [0.4, 0.5) is 5.00 Å². The quantitative estimate of drug-likeness (QED) is 0.407. The number of esters is 1. The summed E-state index contributed by atoms with van der Waals surface area (Å²) in [5.41, 5.74) is 7.71. The van der Waals surface area contributed by atoms with E-state index >= 15 is 0 Å². The Balaban J connectivity index is 1.56. The third-order valence-corrected chi connectivity index (χ3v) is 5.68. The van der Waals surface area contributed by atoms with Crippen LogP contribution in [0.15, 0.2) is 66.0 Å². The Bertz CT molecular complexity index is 1330. The molecule has 0 aliphatic rings. The molecule has 7 nitrogen and oxygen atoms in total. The van der Waals surface area contributed by atoms with Crippen molar-refractivity contribution < 1.29 is 19.1 Å². The number of benzene rings is 2. The van der Waals surface area contributed by atoms with Crippen LogP contribution >= 0.6 is 22.9 Å². The number of hydrogen-bond acceptors (Lipinski definition) is 6. The number of amides is 2. The van der Waals surface area contributed by atoms with E-state index < -0.39 is 24.4 Å². The SMILES string of the molecule is NC(=O)c1ccsc1NC(=O)COC(=O)c1cc(-c2ccc(Cl)cc2)nc2ccccc12. The number of carbonyl (C=O) groups excluding carboxylic acids is 3. The first kappa shape index (κ1) is 21.5. The van der Waals surface area contributed by atoms with Crippen molar-refractivity contribution in [3.63, 3.8) is 0 Å². The van der Waals surface area contributed by atoms with Gasteiger partial charge in [0.1, 0.15) is 5.00 Å². The summed E-state index contributed by atoms with van der Waals surface area (Å²) in [7, 11) is 0. The van der Waals surface area contributed by atoms with Crippen molar-refractivity contribution >= 4 is 56.6 Å². The molecular weight excluding hydrogens is 450 g/mol. The first-order chi connectivity index (χ1) is 15.4. The Kier molecular flexibility index (Phi) is 6.16. The first-order valence-corrected chi connectivity index (χ1v) is 10.7. The maximum atomic E-state index is 12.9. The van der Waals surface area contributed by atoms with Crippen molar-refractivity contribution in [3.05, 3.63) is 82.2 Å². The van der Waals surface area contributed by atoms with E-state index in [0.717, 1.165) is 16.9 Å². The molecule has 160 valence electrons. The number of anilines is 1. The van der Waals surface area contributed by atoms with Gasteiger partial charge < -0.3 is 15.8 Å². The molecule has 0 aliphatic heterocycles. The second-order valence-electron chi connectivity index (χ2n) is 6.73. The van der Waals surface area contributed by atoms with Gasteiger partial charge in [-0.15, -0.1) is 11.3 Å². The van der Waals surface area contributed by atoms with Gasteiger partial charge in [-0.25, -0.2) is 9.78 Å². The van der Waals surface area contributed by atoms with Gasteiger partial charge in [0.15, 0.2) is 6.61 Å². The van der Waals surface area contributed by atoms with Gasteiger partial charge in [0.25, 0.3) is 11.8 Å². The smallest absolute Gasteiger partial charge is 0.339 e. The number of nitrogens with two attached hydrogens (primary N) is 1. The number of nitrogens with zero attached hydrogens (tertiary/aromatic N) is 1. The van der Waals surface area contributed by atoms with Gasteiger partial charge in [0, 0.05) is 16.0 Å². The topological polar surface area (TPSA) is 111 Å². The number of halogens is 1. The zero-order valence-corrected chi connectivity index (χ0v) is 18.1. The zero-order chi connectivity index (χ0) is 22.7. The van der Waals surface area contributed by atoms with E-state index in [0.29, 0.717) is 26.6 Å². The van der Waals surface area contributed by atoms with Gasteiger partial charge >= 0.3 is 5.97 Å². The molecule has 4 rings (SSSR count). The van der Waals surface area contributed by atoms with Crippen LogP contribution in [0.5, 0.6) is 0 Å². The minimum Gasteiger partial charge on any atom is -0.452 e. The second kappa shape index (κ2) is 9.17. The third-order valence-electron chi connectivity index (χ3n) is 4.59. The number of thiophene rings is 1. The summed E-state index contributed by atoms with van der Waals surface area (Å²) in [4.78, 5) is 41.1. The van der Waals surface area contributed by atoms with Gasteiger partial charge in [0.2, 0.25) is 0 Å². The van der Waals surface area contributed by atoms with Gasteiger partial charge in [-0.3, -0.25) is 9.59 Å². The van der Waals surface area contributed by atoms with E-state index in [4.69, 9.17) is 22.1 Å². The molecule has 2 heterocycles. The van der Waals surface area contributed by atoms with Crippen LogP contribution in [0.2, 0.25) is 5.02 Å². The molecule has 2 amide bonds. The van der Waals surface area contributed by atoms with Crippen LogP contribution in [-0.4, -0.2) is 29.4 Å². The normalized spacial score (nSPS) is 10.7. The van der Waals surface area contributed by atoms with Gasteiger partial charge in [-0.05, 0) is 35.7 Å². The number of primary amides is 1. The monoisotopic (exact) mass is 465 g/mol. The average Bonchev–Trinajstić information content (AvgIpc) is 3.25. The molecule has 9 heteroatoms. The fraction of sp³-hybridized carbons (Fsp3) is 0.0435. The average molecular weight is 466 g/mol. The number of hydrogen-bond donors (Lipinski definition) is 2. The fourth-order valence-electron chi connectivity index (χ4n) is 3.08. The molecule has 0 unspecified atom stereocenters. The van der Waals surface area contributed by atoms with Crippen molar-refractivity contribution in [3.8, 4) is 11.3 Å². The highest BCUT2D eigenvalue weighted by atomic mass is 35.5. The lowest BCUT2D eigenvalue weighted by Crippen LogP contribution is -2.22. The van der Waals surface area contributed by atoms with Crippen molar-refractivity contribution in [2.45, 2.75) is 0 Å². The number of nitrogens with one attached hydrogen (secondary N) is 1. The van der Waals surface area contributed by atoms with Crippen LogP contribution < -0.4 is 11.1 Å². The van der Waals surface area contributed by atoms with E-state index in [1.54, 1.807) is 53.9 Å². The standard InChI is InChI=1S/C23H16ClN3O4S/c24-14-7-5-13(6-8-14)19-11-17(15-3-1-2-4-18(15)26-19)23(30)31-12-20(28)27-22-16(21(25)29)9-10-32-22/h1-11H,12H2,(H2,25,29)(H,27,28). The molecule has 0 bridgehead atoms.